The summed E-state index contributed by atoms with van der Waals surface area (Å²) in [7, 11) is 0. The molecule has 1 heterocycles. The lowest BCUT2D eigenvalue weighted by atomic mass is 9.94. The first-order valence-corrected chi connectivity index (χ1v) is 8.84. The number of aliphatic hydroxyl groups is 3. The molecule has 1 aromatic heterocycles. The van der Waals surface area contributed by atoms with E-state index in [0.29, 0.717) is 28.8 Å². The highest BCUT2D eigenvalue weighted by atomic mass is 19.1. The number of benzene rings is 1. The van der Waals surface area contributed by atoms with Gasteiger partial charge in [0.2, 0.25) is 0 Å². The van der Waals surface area contributed by atoms with Crippen LogP contribution < -0.4 is 0 Å². The van der Waals surface area contributed by atoms with Crippen molar-refractivity contribution in [1.29, 1.82) is 0 Å². The lowest BCUT2D eigenvalue weighted by Gasteiger charge is -2.17. The summed E-state index contributed by atoms with van der Waals surface area (Å²) in [6.07, 6.45) is 4.56. The van der Waals surface area contributed by atoms with Crippen LogP contribution in [0.4, 0.5) is 4.39 Å². The monoisotopic (exact) mass is 385 g/mol. The fraction of sp³-hybridized carbons (Fsp3) is 0.227. The Morgan fingerprint density at radius 2 is 2.00 bits per heavy atom. The van der Waals surface area contributed by atoms with Crippen LogP contribution in [0.1, 0.15) is 24.1 Å². The number of rotatable bonds is 9. The van der Waals surface area contributed by atoms with Gasteiger partial charge in [0.05, 0.1) is 25.0 Å². The number of phenolic OH excluding ortho intramolecular Hbond substituents is 1. The Morgan fingerprint density at radius 3 is 2.61 bits per heavy atom. The van der Waals surface area contributed by atoms with Gasteiger partial charge in [-0.25, -0.2) is 4.39 Å². The molecule has 6 heteroatoms. The molecule has 2 rings (SSSR count). The van der Waals surface area contributed by atoms with E-state index in [2.05, 4.69) is 11.6 Å². The maximum Gasteiger partial charge on any atom is 0.165 e. The molecule has 0 amide bonds. The molecule has 0 radical (unpaired) electrons. The van der Waals surface area contributed by atoms with Gasteiger partial charge in [-0.2, -0.15) is 0 Å². The first-order chi connectivity index (χ1) is 13.5. The lowest BCUT2D eigenvalue weighted by molar-refractivity contribution is 0.199. The molecule has 0 bridgehead atoms. The molecule has 2 aromatic rings. The van der Waals surface area contributed by atoms with Gasteiger partial charge in [0, 0.05) is 6.20 Å². The summed E-state index contributed by atoms with van der Waals surface area (Å²) < 4.78 is 13.7. The average Bonchev–Trinajstić information content (AvgIpc) is 2.71. The number of aliphatic hydroxyl groups excluding tert-OH is 3. The number of phenols is 1. The maximum atomic E-state index is 13.7. The predicted octanol–water partition coefficient (Wildman–Crippen LogP) is 3.08. The van der Waals surface area contributed by atoms with Gasteiger partial charge in [-0.05, 0) is 65.5 Å². The summed E-state index contributed by atoms with van der Waals surface area (Å²) in [4.78, 5) is 4.32. The summed E-state index contributed by atoms with van der Waals surface area (Å²) >= 11 is 0. The zero-order valence-corrected chi connectivity index (χ0v) is 15.4. The summed E-state index contributed by atoms with van der Waals surface area (Å²) in [5.74, 6) is -1.14. The number of pyridine rings is 1. The van der Waals surface area contributed by atoms with E-state index < -0.39 is 17.7 Å². The highest BCUT2D eigenvalue weighted by Crippen LogP contribution is 2.26. The van der Waals surface area contributed by atoms with E-state index in [4.69, 9.17) is 5.11 Å². The molecule has 0 fully saturated rings. The molecule has 1 unspecified atom stereocenters. The molecule has 0 aliphatic carbocycles. The topological polar surface area (TPSA) is 93.8 Å². The largest absolute Gasteiger partial charge is 0.505 e. The maximum absolute atomic E-state index is 13.7. The van der Waals surface area contributed by atoms with Crippen molar-refractivity contribution in [1.82, 2.24) is 4.98 Å². The lowest BCUT2D eigenvalue weighted by Crippen LogP contribution is -2.14. The van der Waals surface area contributed by atoms with Crippen LogP contribution in [-0.2, 0) is 0 Å². The Hall–Kier alpha value is -2.80. The number of aromatic hydroxyl groups is 1. The van der Waals surface area contributed by atoms with E-state index in [0.717, 1.165) is 5.57 Å². The predicted molar refractivity (Wildman–Crippen MR) is 107 cm³/mol. The number of nitrogens with zero attached hydrogens (tertiary/aromatic N) is 1. The minimum absolute atomic E-state index is 0.277. The van der Waals surface area contributed by atoms with Gasteiger partial charge in [0.25, 0.3) is 0 Å². The number of halogens is 1. The third-order valence-electron chi connectivity index (χ3n) is 4.26. The number of hydrogen-bond acceptors (Lipinski definition) is 5. The van der Waals surface area contributed by atoms with E-state index >= 15 is 0 Å². The molecule has 4 N–H and O–H groups in total. The SMILES string of the molecule is C=C(CO)/C(=C/CO)C(O)CC/C(=C/c1ccc(O)c(F)c1)c1ccccn1. The van der Waals surface area contributed by atoms with Gasteiger partial charge in [-0.1, -0.05) is 24.8 Å². The Labute approximate surface area is 163 Å². The Bertz CT molecular complexity index is 862. The molecule has 5 nitrogen and oxygen atoms in total. The molecule has 1 aromatic carbocycles. The number of allylic oxidation sites excluding steroid dienone is 1. The zero-order valence-electron chi connectivity index (χ0n) is 15.4. The third-order valence-corrected chi connectivity index (χ3v) is 4.26. The summed E-state index contributed by atoms with van der Waals surface area (Å²) in [6.45, 7) is 3.10. The van der Waals surface area contributed by atoms with Crippen molar-refractivity contribution in [3.05, 3.63) is 83.5 Å². The van der Waals surface area contributed by atoms with Crippen molar-refractivity contribution in [2.24, 2.45) is 0 Å². The number of hydrogen-bond donors (Lipinski definition) is 4. The minimum Gasteiger partial charge on any atom is -0.505 e. The van der Waals surface area contributed by atoms with Crippen LogP contribution in [0.3, 0.4) is 0 Å². The summed E-state index contributed by atoms with van der Waals surface area (Å²) in [5.41, 5.74) is 2.72. The van der Waals surface area contributed by atoms with Crippen molar-refractivity contribution in [3.63, 3.8) is 0 Å². The van der Waals surface area contributed by atoms with Crippen molar-refractivity contribution in [2.75, 3.05) is 13.2 Å². The highest BCUT2D eigenvalue weighted by Gasteiger charge is 2.15. The van der Waals surface area contributed by atoms with Crippen LogP contribution in [0.2, 0.25) is 0 Å². The van der Waals surface area contributed by atoms with E-state index in [1.54, 1.807) is 24.4 Å². The number of aromatic nitrogens is 1. The molecule has 0 saturated carbocycles. The minimum atomic E-state index is -0.935. The second kappa shape index (κ2) is 10.5. The molecular weight excluding hydrogens is 361 g/mol. The molecule has 28 heavy (non-hydrogen) atoms. The smallest absolute Gasteiger partial charge is 0.165 e. The van der Waals surface area contributed by atoms with Crippen LogP contribution in [0.5, 0.6) is 5.75 Å². The first kappa shape index (κ1) is 21.5. The zero-order chi connectivity index (χ0) is 20.5. The van der Waals surface area contributed by atoms with E-state index in [1.165, 1.54) is 18.2 Å². The molecule has 0 saturated heterocycles. The van der Waals surface area contributed by atoms with Crippen LogP contribution in [0.15, 0.2) is 66.4 Å². The van der Waals surface area contributed by atoms with E-state index in [9.17, 15) is 19.7 Å². The Morgan fingerprint density at radius 1 is 1.21 bits per heavy atom. The Kier molecular flexibility index (Phi) is 8.07. The third kappa shape index (κ3) is 5.85. The highest BCUT2D eigenvalue weighted by molar-refractivity contribution is 5.80. The van der Waals surface area contributed by atoms with E-state index in [-0.39, 0.29) is 19.6 Å². The van der Waals surface area contributed by atoms with Crippen molar-refractivity contribution in [2.45, 2.75) is 18.9 Å². The van der Waals surface area contributed by atoms with Gasteiger partial charge >= 0.3 is 0 Å². The second-order valence-electron chi connectivity index (χ2n) is 6.25. The van der Waals surface area contributed by atoms with Gasteiger partial charge in [0.15, 0.2) is 11.6 Å². The molecule has 1 atom stereocenters. The second-order valence-corrected chi connectivity index (χ2v) is 6.25. The summed E-state index contributed by atoms with van der Waals surface area (Å²) in [5, 5.41) is 38.3. The van der Waals surface area contributed by atoms with Gasteiger partial charge in [-0.15, -0.1) is 0 Å². The average molecular weight is 385 g/mol. The molecule has 0 aliphatic heterocycles. The van der Waals surface area contributed by atoms with Crippen LogP contribution in [0, 0.1) is 5.82 Å². The quantitative estimate of drug-likeness (QED) is 0.498. The normalized spacial score (nSPS) is 13.4. The van der Waals surface area contributed by atoms with Crippen LogP contribution in [0.25, 0.3) is 11.6 Å². The van der Waals surface area contributed by atoms with Crippen molar-refractivity contribution >= 4 is 11.6 Å². The molecule has 148 valence electrons. The van der Waals surface area contributed by atoms with Gasteiger partial charge < -0.3 is 20.4 Å². The molecule has 0 aliphatic rings. The van der Waals surface area contributed by atoms with Crippen molar-refractivity contribution < 1.29 is 24.8 Å². The molecular formula is C22H24FNO4. The van der Waals surface area contributed by atoms with Crippen molar-refractivity contribution in [3.8, 4) is 5.75 Å². The summed E-state index contributed by atoms with van der Waals surface area (Å²) in [6, 6.07) is 9.51. The standard InChI is InChI=1S/C22H24FNO4/c1-15(14-26)18(9-11-25)21(27)8-6-17(20-4-2-3-10-24-20)12-16-5-7-22(28)19(23)13-16/h2-5,7,9-10,12-13,21,25-28H,1,6,8,11,14H2/b17-12-,18-9-. The van der Waals surface area contributed by atoms with E-state index in [1.807, 2.05) is 12.1 Å². The first-order valence-electron chi connectivity index (χ1n) is 8.84. The molecule has 0 spiro atoms. The Balaban J connectivity index is 2.28. The van der Waals surface area contributed by atoms with Crippen LogP contribution in [-0.4, -0.2) is 44.7 Å². The van der Waals surface area contributed by atoms with Gasteiger partial charge in [0.1, 0.15) is 0 Å². The fourth-order valence-corrected chi connectivity index (χ4v) is 2.79. The fourth-order valence-electron chi connectivity index (χ4n) is 2.79. The van der Waals surface area contributed by atoms with Crippen LogP contribution >= 0.6 is 0 Å². The van der Waals surface area contributed by atoms with Gasteiger partial charge in [-0.3, -0.25) is 4.98 Å².